The molecule has 0 bridgehead atoms. The molecular weight excluding hydrogens is 146 g/mol. The van der Waals surface area contributed by atoms with Gasteiger partial charge in [-0.2, -0.15) is 0 Å². The fourth-order valence-electron chi connectivity index (χ4n) is 0. The first-order valence-electron chi connectivity index (χ1n) is 2.54. The van der Waals surface area contributed by atoms with Crippen molar-refractivity contribution in [2.75, 3.05) is 6.66 Å². The first-order chi connectivity index (χ1) is 3.25. The third kappa shape index (κ3) is 4.58. The van der Waals surface area contributed by atoms with Gasteiger partial charge < -0.3 is 9.46 Å². The van der Waals surface area contributed by atoms with E-state index >= 15 is 0 Å². The van der Waals surface area contributed by atoms with Crippen molar-refractivity contribution in [1.82, 2.24) is 0 Å². The Labute approximate surface area is 78.8 Å². The van der Waals surface area contributed by atoms with E-state index in [9.17, 15) is 9.46 Å². The van der Waals surface area contributed by atoms with Crippen LogP contribution in [0.2, 0.25) is 0 Å². The fraction of sp³-hybridized carbons (Fsp3) is 1.00. The predicted octanol–water partition coefficient (Wildman–Crippen LogP) is -1.94. The Morgan fingerprint density at radius 3 is 1.44 bits per heavy atom. The second-order valence-electron chi connectivity index (χ2n) is 3.02. The van der Waals surface area contributed by atoms with E-state index in [-0.39, 0.29) is 29.6 Å². The number of rotatable bonds is 0. The molecule has 0 aliphatic carbocycles. The maximum Gasteiger partial charge on any atom is 1.00 e. The topological polar surface area (TPSA) is 40.1 Å². The standard InChI is InChI=1S/C5H13O2P.Na/c1-5(2,3)8(4,6)7;/h1-4H3,(H,6,7);/q;+1/p-1. The molecule has 0 saturated heterocycles. The molecule has 0 aromatic carbocycles. The van der Waals surface area contributed by atoms with Gasteiger partial charge in [-0.25, -0.2) is 0 Å². The zero-order valence-corrected chi connectivity index (χ0v) is 9.66. The quantitative estimate of drug-likeness (QED) is 0.304. The molecule has 0 aromatic heterocycles. The van der Waals surface area contributed by atoms with Crippen LogP contribution in [0.3, 0.4) is 0 Å². The Hall–Kier alpha value is 1.19. The van der Waals surface area contributed by atoms with Crippen LogP contribution in [0.25, 0.3) is 0 Å². The Morgan fingerprint density at radius 1 is 1.33 bits per heavy atom. The van der Waals surface area contributed by atoms with Crippen molar-refractivity contribution >= 4 is 7.37 Å². The Balaban J connectivity index is 0. The van der Waals surface area contributed by atoms with Gasteiger partial charge in [-0.05, 0) is 6.66 Å². The van der Waals surface area contributed by atoms with Crippen molar-refractivity contribution in [1.29, 1.82) is 0 Å². The average Bonchev–Trinajstić information content (AvgIpc) is 1.25. The minimum atomic E-state index is -3.10. The van der Waals surface area contributed by atoms with E-state index in [2.05, 4.69) is 0 Å². The molecular formula is C5H12NaO2P. The van der Waals surface area contributed by atoms with Crippen LogP contribution in [0.15, 0.2) is 0 Å². The minimum absolute atomic E-state index is 0. The molecule has 50 valence electrons. The van der Waals surface area contributed by atoms with E-state index < -0.39 is 12.5 Å². The van der Waals surface area contributed by atoms with Crippen molar-refractivity contribution in [3.63, 3.8) is 0 Å². The summed E-state index contributed by atoms with van der Waals surface area (Å²) in [7, 11) is -3.10. The van der Waals surface area contributed by atoms with Crippen LogP contribution < -0.4 is 34.5 Å². The summed E-state index contributed by atoms with van der Waals surface area (Å²) in [4.78, 5) is 10.7. The summed E-state index contributed by atoms with van der Waals surface area (Å²) in [6, 6.07) is 0. The Kier molecular flexibility index (Phi) is 5.05. The Morgan fingerprint density at radius 2 is 1.44 bits per heavy atom. The summed E-state index contributed by atoms with van der Waals surface area (Å²) in [6.07, 6.45) is 0. The van der Waals surface area contributed by atoms with Gasteiger partial charge >= 0.3 is 29.6 Å². The molecule has 0 aliphatic rings. The van der Waals surface area contributed by atoms with E-state index in [1.54, 1.807) is 20.8 Å². The van der Waals surface area contributed by atoms with Gasteiger partial charge in [0.25, 0.3) is 0 Å². The van der Waals surface area contributed by atoms with Crippen molar-refractivity contribution in [3.05, 3.63) is 0 Å². The van der Waals surface area contributed by atoms with E-state index in [0.29, 0.717) is 0 Å². The normalized spacial score (nSPS) is 17.9. The van der Waals surface area contributed by atoms with E-state index in [0.717, 1.165) is 0 Å². The molecule has 0 N–H and O–H groups in total. The van der Waals surface area contributed by atoms with Gasteiger partial charge in [-0.1, -0.05) is 20.8 Å². The molecule has 0 aliphatic heterocycles. The van der Waals surface area contributed by atoms with Gasteiger partial charge in [0.2, 0.25) is 0 Å². The Bertz CT molecular complexity index is 121. The minimum Gasteiger partial charge on any atom is -0.799 e. The molecule has 2 nitrogen and oxygen atoms in total. The average molecular weight is 158 g/mol. The molecule has 0 aromatic rings. The SMILES string of the molecule is CC(C)(C)P(C)(=O)[O-].[Na+]. The summed E-state index contributed by atoms with van der Waals surface area (Å²) in [5.41, 5.74) is 0. The van der Waals surface area contributed by atoms with Crippen LogP contribution in [0, 0.1) is 0 Å². The molecule has 0 saturated carbocycles. The molecule has 0 heterocycles. The molecule has 0 radical (unpaired) electrons. The molecule has 4 heteroatoms. The largest absolute Gasteiger partial charge is 1.00 e. The second-order valence-corrected chi connectivity index (χ2v) is 6.05. The monoisotopic (exact) mass is 158 g/mol. The van der Waals surface area contributed by atoms with Crippen LogP contribution in [-0.2, 0) is 4.57 Å². The molecule has 0 spiro atoms. The zero-order valence-electron chi connectivity index (χ0n) is 6.76. The van der Waals surface area contributed by atoms with Crippen molar-refractivity contribution in [2.45, 2.75) is 25.9 Å². The maximum absolute atomic E-state index is 10.7. The third-order valence-corrected chi connectivity index (χ3v) is 3.66. The maximum atomic E-state index is 10.7. The molecule has 0 rings (SSSR count). The first kappa shape index (κ1) is 12.8. The van der Waals surface area contributed by atoms with Crippen LogP contribution in [0.4, 0.5) is 0 Å². The van der Waals surface area contributed by atoms with Gasteiger partial charge in [0.15, 0.2) is 0 Å². The van der Waals surface area contributed by atoms with Crippen LogP contribution in [-0.4, -0.2) is 11.8 Å². The second kappa shape index (κ2) is 3.54. The smallest absolute Gasteiger partial charge is 0.799 e. The van der Waals surface area contributed by atoms with Crippen molar-refractivity contribution in [3.8, 4) is 0 Å². The summed E-state index contributed by atoms with van der Waals surface area (Å²) in [6.45, 7) is 6.36. The predicted molar refractivity (Wildman–Crippen MR) is 33.3 cm³/mol. The van der Waals surface area contributed by atoms with E-state index in [4.69, 9.17) is 0 Å². The fourth-order valence-corrected chi connectivity index (χ4v) is 0. The van der Waals surface area contributed by atoms with Gasteiger partial charge in [-0.15, -0.1) is 0 Å². The van der Waals surface area contributed by atoms with Crippen LogP contribution >= 0.6 is 7.37 Å². The van der Waals surface area contributed by atoms with Crippen LogP contribution in [0.1, 0.15) is 20.8 Å². The van der Waals surface area contributed by atoms with Gasteiger partial charge in [0, 0.05) is 12.5 Å². The molecule has 1 unspecified atom stereocenters. The number of hydrogen-bond donors (Lipinski definition) is 0. The van der Waals surface area contributed by atoms with Crippen LogP contribution in [0.5, 0.6) is 0 Å². The van der Waals surface area contributed by atoms with Gasteiger partial charge in [0.1, 0.15) is 0 Å². The molecule has 0 amide bonds. The first-order valence-corrected chi connectivity index (χ1v) is 4.61. The summed E-state index contributed by atoms with van der Waals surface area (Å²) < 4.78 is 10.7. The van der Waals surface area contributed by atoms with Crippen molar-refractivity contribution < 1.29 is 39.0 Å². The summed E-state index contributed by atoms with van der Waals surface area (Å²) in [5, 5.41) is -0.562. The number of hydrogen-bond acceptors (Lipinski definition) is 2. The summed E-state index contributed by atoms with van der Waals surface area (Å²) in [5.74, 6) is 0. The zero-order chi connectivity index (χ0) is 7.00. The van der Waals surface area contributed by atoms with Gasteiger partial charge in [-0.3, -0.25) is 0 Å². The van der Waals surface area contributed by atoms with Gasteiger partial charge in [0.05, 0.1) is 0 Å². The molecule has 0 fully saturated rings. The van der Waals surface area contributed by atoms with E-state index in [1.165, 1.54) is 6.66 Å². The third-order valence-electron chi connectivity index (χ3n) is 1.22. The van der Waals surface area contributed by atoms with Crippen molar-refractivity contribution in [2.24, 2.45) is 0 Å². The molecule has 9 heavy (non-hydrogen) atoms. The summed E-state index contributed by atoms with van der Waals surface area (Å²) >= 11 is 0. The van der Waals surface area contributed by atoms with E-state index in [1.807, 2.05) is 0 Å². The molecule has 1 atom stereocenters.